The molecule has 1 heterocycles. The van der Waals surface area contributed by atoms with Crippen molar-refractivity contribution in [1.29, 1.82) is 0 Å². The molecule has 7 nitrogen and oxygen atoms in total. The van der Waals surface area contributed by atoms with Gasteiger partial charge in [0.15, 0.2) is 5.03 Å². The zero-order valence-corrected chi connectivity index (χ0v) is 12.9. The summed E-state index contributed by atoms with van der Waals surface area (Å²) in [4.78, 5) is 14.6. The van der Waals surface area contributed by atoms with Gasteiger partial charge in [-0.05, 0) is 31.0 Å². The van der Waals surface area contributed by atoms with E-state index in [0.717, 1.165) is 5.56 Å². The van der Waals surface area contributed by atoms with Crippen molar-refractivity contribution in [2.24, 2.45) is 0 Å². The molecule has 0 amide bonds. The van der Waals surface area contributed by atoms with Crippen LogP contribution in [0, 0.1) is 0 Å². The maximum atomic E-state index is 12.0. The first-order valence-corrected chi connectivity index (χ1v) is 8.24. The minimum absolute atomic E-state index is 0.00410. The van der Waals surface area contributed by atoms with Crippen LogP contribution in [0.5, 0.6) is 0 Å². The second-order valence-corrected chi connectivity index (χ2v) is 6.41. The van der Waals surface area contributed by atoms with Gasteiger partial charge < -0.3 is 9.67 Å². The van der Waals surface area contributed by atoms with Gasteiger partial charge in [0.25, 0.3) is 10.0 Å². The van der Waals surface area contributed by atoms with Crippen molar-refractivity contribution in [1.82, 2.24) is 14.3 Å². The monoisotopic (exact) mass is 323 g/mol. The van der Waals surface area contributed by atoms with E-state index in [1.54, 1.807) is 16.7 Å². The van der Waals surface area contributed by atoms with E-state index in [1.807, 2.05) is 6.92 Å². The van der Waals surface area contributed by atoms with Crippen LogP contribution in [0.4, 0.5) is 0 Å². The SMILES string of the molecule is CCn1cnc(S(=O)(=O)NCCc2ccc(C(=O)O)cc2)c1. The number of nitrogens with zero attached hydrogens (tertiary/aromatic N) is 2. The highest BCUT2D eigenvalue weighted by molar-refractivity contribution is 7.89. The second kappa shape index (κ2) is 6.71. The molecule has 0 aliphatic carbocycles. The Balaban J connectivity index is 1.93. The molecule has 118 valence electrons. The first kappa shape index (κ1) is 16.2. The number of aryl methyl sites for hydroxylation is 1. The molecule has 0 saturated heterocycles. The maximum absolute atomic E-state index is 12.0. The number of benzene rings is 1. The molecule has 0 fully saturated rings. The number of nitrogens with one attached hydrogen (secondary N) is 1. The van der Waals surface area contributed by atoms with Gasteiger partial charge in [0.05, 0.1) is 11.9 Å². The largest absolute Gasteiger partial charge is 0.478 e. The third kappa shape index (κ3) is 3.92. The molecule has 0 atom stereocenters. The van der Waals surface area contributed by atoms with Crippen LogP contribution in [0.3, 0.4) is 0 Å². The number of sulfonamides is 1. The molecule has 0 bridgehead atoms. The molecule has 0 saturated carbocycles. The van der Waals surface area contributed by atoms with Crippen LogP contribution in [0.2, 0.25) is 0 Å². The molecule has 22 heavy (non-hydrogen) atoms. The highest BCUT2D eigenvalue weighted by atomic mass is 32.2. The Kier molecular flexibility index (Phi) is 4.94. The maximum Gasteiger partial charge on any atom is 0.335 e. The summed E-state index contributed by atoms with van der Waals surface area (Å²) in [5, 5.41) is 8.80. The molecule has 2 aromatic rings. The van der Waals surface area contributed by atoms with Crippen molar-refractivity contribution in [3.63, 3.8) is 0 Å². The van der Waals surface area contributed by atoms with E-state index in [2.05, 4.69) is 9.71 Å². The lowest BCUT2D eigenvalue weighted by atomic mass is 10.1. The van der Waals surface area contributed by atoms with Crippen LogP contribution in [0.15, 0.2) is 41.8 Å². The standard InChI is InChI=1S/C14H17N3O4S/c1-2-17-9-13(15-10-17)22(20,21)16-8-7-11-3-5-12(6-4-11)14(18)19/h3-6,9-10,16H,2,7-8H2,1H3,(H,18,19). The van der Waals surface area contributed by atoms with Crippen molar-refractivity contribution >= 4 is 16.0 Å². The van der Waals surface area contributed by atoms with Gasteiger partial charge in [0.1, 0.15) is 0 Å². The summed E-state index contributed by atoms with van der Waals surface area (Å²) >= 11 is 0. The lowest BCUT2D eigenvalue weighted by molar-refractivity contribution is 0.0697. The molecule has 2 rings (SSSR count). The summed E-state index contributed by atoms with van der Waals surface area (Å²) in [5.74, 6) is -0.987. The van der Waals surface area contributed by atoms with Crippen LogP contribution in [-0.2, 0) is 23.0 Å². The van der Waals surface area contributed by atoms with Crippen molar-refractivity contribution < 1.29 is 18.3 Å². The minimum Gasteiger partial charge on any atom is -0.478 e. The number of rotatable bonds is 7. The summed E-state index contributed by atoms with van der Waals surface area (Å²) in [6.07, 6.45) is 3.41. The van der Waals surface area contributed by atoms with Crippen LogP contribution < -0.4 is 4.72 Å². The predicted octanol–water partition coefficient (Wildman–Crippen LogP) is 1.12. The van der Waals surface area contributed by atoms with Crippen molar-refractivity contribution in [3.8, 4) is 0 Å². The van der Waals surface area contributed by atoms with E-state index >= 15 is 0 Å². The van der Waals surface area contributed by atoms with Gasteiger partial charge in [-0.1, -0.05) is 12.1 Å². The third-order valence-corrected chi connectivity index (χ3v) is 4.50. The number of carboxylic acid groups (broad SMARTS) is 1. The number of carbonyl (C=O) groups is 1. The lowest BCUT2D eigenvalue weighted by Crippen LogP contribution is -2.26. The van der Waals surface area contributed by atoms with Gasteiger partial charge in [-0.25, -0.2) is 22.9 Å². The van der Waals surface area contributed by atoms with Gasteiger partial charge in [-0.15, -0.1) is 0 Å². The molecule has 0 unspecified atom stereocenters. The van der Waals surface area contributed by atoms with Crippen LogP contribution in [0.25, 0.3) is 0 Å². The number of hydrogen-bond acceptors (Lipinski definition) is 4. The second-order valence-electron chi connectivity index (χ2n) is 4.69. The van der Waals surface area contributed by atoms with Crippen molar-refractivity contribution in [2.45, 2.75) is 24.9 Å². The first-order valence-electron chi connectivity index (χ1n) is 6.76. The predicted molar refractivity (Wildman–Crippen MR) is 80.2 cm³/mol. The molecule has 2 N–H and O–H groups in total. The van der Waals surface area contributed by atoms with Crippen molar-refractivity contribution in [3.05, 3.63) is 47.9 Å². The Morgan fingerprint density at radius 3 is 2.55 bits per heavy atom. The van der Waals surface area contributed by atoms with Crippen LogP contribution in [-0.4, -0.2) is 35.6 Å². The Hall–Kier alpha value is -2.19. The number of hydrogen-bond donors (Lipinski definition) is 2. The van der Waals surface area contributed by atoms with Crippen molar-refractivity contribution in [2.75, 3.05) is 6.54 Å². The molecule has 8 heteroatoms. The summed E-state index contributed by atoms with van der Waals surface area (Å²) in [7, 11) is -3.62. The zero-order valence-electron chi connectivity index (χ0n) is 12.1. The normalized spacial score (nSPS) is 11.5. The highest BCUT2D eigenvalue weighted by Gasteiger charge is 2.16. The average Bonchev–Trinajstić information content (AvgIpc) is 2.97. The number of aromatic carboxylic acids is 1. The molecule has 0 radical (unpaired) electrons. The van der Waals surface area contributed by atoms with Gasteiger partial charge >= 0.3 is 5.97 Å². The molecule has 0 spiro atoms. The first-order chi connectivity index (χ1) is 10.4. The third-order valence-electron chi connectivity index (χ3n) is 3.16. The Morgan fingerprint density at radius 1 is 1.32 bits per heavy atom. The summed E-state index contributed by atoms with van der Waals surface area (Å²) < 4.78 is 28.2. The summed E-state index contributed by atoms with van der Waals surface area (Å²) in [6, 6.07) is 6.33. The van der Waals surface area contributed by atoms with Crippen LogP contribution >= 0.6 is 0 Å². The molecule has 0 aliphatic heterocycles. The number of imidazole rings is 1. The van der Waals surface area contributed by atoms with E-state index in [4.69, 9.17) is 5.11 Å². The lowest BCUT2D eigenvalue weighted by Gasteiger charge is -2.05. The molecular weight excluding hydrogens is 306 g/mol. The zero-order chi connectivity index (χ0) is 16.2. The van der Waals surface area contributed by atoms with Crippen LogP contribution in [0.1, 0.15) is 22.8 Å². The fourth-order valence-corrected chi connectivity index (χ4v) is 2.85. The fraction of sp³-hybridized carbons (Fsp3) is 0.286. The molecule has 1 aromatic carbocycles. The average molecular weight is 323 g/mol. The van der Waals surface area contributed by atoms with Gasteiger partial charge in [0, 0.05) is 19.3 Å². The Bertz CT molecular complexity index is 751. The quantitative estimate of drug-likeness (QED) is 0.795. The van der Waals surface area contributed by atoms with E-state index in [1.165, 1.54) is 24.7 Å². The Labute approximate surface area is 128 Å². The number of aromatic nitrogens is 2. The van der Waals surface area contributed by atoms with E-state index in [0.29, 0.717) is 13.0 Å². The van der Waals surface area contributed by atoms with E-state index in [9.17, 15) is 13.2 Å². The Morgan fingerprint density at radius 2 is 2.00 bits per heavy atom. The minimum atomic E-state index is -3.62. The van der Waals surface area contributed by atoms with Gasteiger partial charge in [-0.3, -0.25) is 0 Å². The van der Waals surface area contributed by atoms with E-state index in [-0.39, 0.29) is 17.1 Å². The topological polar surface area (TPSA) is 101 Å². The van der Waals surface area contributed by atoms with Gasteiger partial charge in [0.2, 0.25) is 0 Å². The highest BCUT2D eigenvalue weighted by Crippen LogP contribution is 2.07. The molecule has 1 aromatic heterocycles. The molecular formula is C14H17N3O4S. The van der Waals surface area contributed by atoms with E-state index < -0.39 is 16.0 Å². The smallest absolute Gasteiger partial charge is 0.335 e. The van der Waals surface area contributed by atoms with Gasteiger partial charge in [-0.2, -0.15) is 0 Å². The summed E-state index contributed by atoms with van der Waals surface area (Å²) in [5.41, 5.74) is 1.06. The fourth-order valence-electron chi connectivity index (χ4n) is 1.87. The molecule has 0 aliphatic rings. The summed E-state index contributed by atoms with van der Waals surface area (Å²) in [6.45, 7) is 2.76. The number of carboxylic acids is 1.